The molecule has 1 heteroatoms. The molecule has 3 rings (SSSR count). The summed E-state index contributed by atoms with van der Waals surface area (Å²) in [6.07, 6.45) is 7.28. The molecule has 13 heavy (non-hydrogen) atoms. The fraction of sp³-hybridized carbons (Fsp3) is 0.917. The van der Waals surface area contributed by atoms with Crippen LogP contribution >= 0.6 is 0 Å². The van der Waals surface area contributed by atoms with Crippen LogP contribution in [0.4, 0.5) is 0 Å². The van der Waals surface area contributed by atoms with Gasteiger partial charge in [0.1, 0.15) is 5.78 Å². The quantitative estimate of drug-likeness (QED) is 0.557. The van der Waals surface area contributed by atoms with E-state index in [1.807, 2.05) is 0 Å². The number of carbonyl (C=O) groups excluding carboxylic acids is 1. The first-order valence-corrected chi connectivity index (χ1v) is 5.80. The second-order valence-corrected chi connectivity index (χ2v) is 5.32. The molecule has 0 unspecified atom stereocenters. The Labute approximate surface area is 79.9 Å². The molecule has 1 nitrogen and oxygen atoms in total. The van der Waals surface area contributed by atoms with E-state index in [2.05, 4.69) is 6.92 Å². The van der Waals surface area contributed by atoms with Gasteiger partial charge in [0.05, 0.1) is 0 Å². The predicted molar refractivity (Wildman–Crippen MR) is 51.3 cm³/mol. The van der Waals surface area contributed by atoms with E-state index in [-0.39, 0.29) is 5.41 Å². The minimum atomic E-state index is 0.220. The zero-order chi connectivity index (χ0) is 9.05. The number of hydrogen-bond acceptors (Lipinski definition) is 1. The van der Waals surface area contributed by atoms with Gasteiger partial charge in [-0.15, -0.1) is 0 Å². The third-order valence-electron chi connectivity index (χ3n) is 5.14. The topological polar surface area (TPSA) is 17.1 Å². The van der Waals surface area contributed by atoms with Crippen LogP contribution in [0.3, 0.4) is 0 Å². The molecule has 0 bridgehead atoms. The van der Waals surface area contributed by atoms with E-state index in [0.717, 1.165) is 24.2 Å². The van der Waals surface area contributed by atoms with E-state index in [4.69, 9.17) is 0 Å². The SMILES string of the molecule is C[C@@H]1[C@@H]2CCCC(=O)[C@]23CCC[C@@H]13. The molecule has 3 aliphatic carbocycles. The average Bonchev–Trinajstić information content (AvgIpc) is 2.50. The molecule has 3 fully saturated rings. The third-order valence-corrected chi connectivity index (χ3v) is 5.14. The van der Waals surface area contributed by atoms with Crippen LogP contribution in [0.15, 0.2) is 0 Å². The van der Waals surface area contributed by atoms with Gasteiger partial charge in [-0.05, 0) is 43.4 Å². The molecule has 0 saturated heterocycles. The van der Waals surface area contributed by atoms with Crippen LogP contribution in [-0.4, -0.2) is 5.78 Å². The lowest BCUT2D eigenvalue weighted by atomic mass is 9.44. The van der Waals surface area contributed by atoms with Gasteiger partial charge < -0.3 is 0 Å². The highest BCUT2D eigenvalue weighted by Crippen LogP contribution is 2.68. The fourth-order valence-electron chi connectivity index (χ4n) is 4.67. The van der Waals surface area contributed by atoms with Gasteiger partial charge >= 0.3 is 0 Å². The maximum absolute atomic E-state index is 12.0. The van der Waals surface area contributed by atoms with Gasteiger partial charge in [-0.3, -0.25) is 4.79 Å². The van der Waals surface area contributed by atoms with Gasteiger partial charge in [0, 0.05) is 11.8 Å². The van der Waals surface area contributed by atoms with Crippen LogP contribution in [0.25, 0.3) is 0 Å². The first kappa shape index (κ1) is 8.02. The van der Waals surface area contributed by atoms with Crippen molar-refractivity contribution in [2.45, 2.75) is 45.4 Å². The van der Waals surface area contributed by atoms with E-state index in [1.165, 1.54) is 32.1 Å². The highest BCUT2D eigenvalue weighted by molar-refractivity contribution is 5.88. The van der Waals surface area contributed by atoms with Gasteiger partial charge in [0.15, 0.2) is 0 Å². The van der Waals surface area contributed by atoms with Gasteiger partial charge in [-0.2, -0.15) is 0 Å². The second kappa shape index (κ2) is 2.37. The maximum Gasteiger partial charge on any atom is 0.139 e. The summed E-state index contributed by atoms with van der Waals surface area (Å²) >= 11 is 0. The lowest BCUT2D eigenvalue weighted by Crippen LogP contribution is -2.59. The second-order valence-electron chi connectivity index (χ2n) is 5.32. The molecule has 0 amide bonds. The normalized spacial score (nSPS) is 53.9. The molecule has 4 atom stereocenters. The van der Waals surface area contributed by atoms with Crippen molar-refractivity contribution >= 4 is 5.78 Å². The molecule has 3 aliphatic rings. The summed E-state index contributed by atoms with van der Waals surface area (Å²) < 4.78 is 0. The third kappa shape index (κ3) is 0.730. The Balaban J connectivity index is 1.98. The van der Waals surface area contributed by atoms with Gasteiger partial charge in [-0.1, -0.05) is 13.3 Å². The smallest absolute Gasteiger partial charge is 0.139 e. The molecular weight excluding hydrogens is 160 g/mol. The summed E-state index contributed by atoms with van der Waals surface area (Å²) in [5.74, 6) is 3.04. The standard InChI is InChI=1S/C12H18O/c1-8-9-4-2-6-11(13)12(9)7-3-5-10(8)12/h8-10H,2-7H2,1H3/t8-,9+,10+,12-/m1/s1. The van der Waals surface area contributed by atoms with Crippen molar-refractivity contribution < 1.29 is 4.79 Å². The molecule has 72 valence electrons. The minimum absolute atomic E-state index is 0.220. The van der Waals surface area contributed by atoms with Crippen LogP contribution in [0.5, 0.6) is 0 Å². The van der Waals surface area contributed by atoms with Gasteiger partial charge in [-0.25, -0.2) is 0 Å². The predicted octanol–water partition coefficient (Wildman–Crippen LogP) is 2.79. The van der Waals surface area contributed by atoms with E-state index >= 15 is 0 Å². The number of hydrogen-bond donors (Lipinski definition) is 0. The van der Waals surface area contributed by atoms with Crippen molar-refractivity contribution in [3.63, 3.8) is 0 Å². The Bertz CT molecular complexity index is 258. The minimum Gasteiger partial charge on any atom is -0.299 e. The van der Waals surface area contributed by atoms with Crippen LogP contribution in [-0.2, 0) is 4.79 Å². The van der Waals surface area contributed by atoms with Crippen molar-refractivity contribution in [2.75, 3.05) is 0 Å². The van der Waals surface area contributed by atoms with E-state index in [9.17, 15) is 4.79 Å². The first-order valence-electron chi connectivity index (χ1n) is 5.80. The van der Waals surface area contributed by atoms with Crippen LogP contribution in [0.1, 0.15) is 45.4 Å². The summed E-state index contributed by atoms with van der Waals surface area (Å²) in [5, 5.41) is 0. The van der Waals surface area contributed by atoms with E-state index in [1.54, 1.807) is 0 Å². The average molecular weight is 178 g/mol. The molecule has 3 saturated carbocycles. The van der Waals surface area contributed by atoms with Gasteiger partial charge in [0.2, 0.25) is 0 Å². The fourth-order valence-corrected chi connectivity index (χ4v) is 4.67. The molecule has 0 aromatic rings. The largest absolute Gasteiger partial charge is 0.299 e. The Morgan fingerprint density at radius 2 is 1.92 bits per heavy atom. The molecule has 0 aromatic heterocycles. The van der Waals surface area contributed by atoms with Crippen molar-refractivity contribution in [1.82, 2.24) is 0 Å². The van der Waals surface area contributed by atoms with Crippen LogP contribution < -0.4 is 0 Å². The lowest BCUT2D eigenvalue weighted by Gasteiger charge is -2.59. The van der Waals surface area contributed by atoms with Crippen molar-refractivity contribution in [3.8, 4) is 0 Å². The van der Waals surface area contributed by atoms with E-state index < -0.39 is 0 Å². The summed E-state index contributed by atoms with van der Waals surface area (Å²) in [7, 11) is 0. The molecule has 0 aromatic carbocycles. The number of Topliss-reactive ketones (excluding diaryl/α,β-unsaturated/α-hetero) is 1. The molecular formula is C12H18O. The number of ketones is 1. The first-order chi connectivity index (χ1) is 6.27. The number of rotatable bonds is 0. The Morgan fingerprint density at radius 3 is 2.69 bits per heavy atom. The molecule has 0 N–H and O–H groups in total. The van der Waals surface area contributed by atoms with E-state index in [0.29, 0.717) is 5.78 Å². The van der Waals surface area contributed by atoms with Crippen molar-refractivity contribution in [1.29, 1.82) is 0 Å². The summed E-state index contributed by atoms with van der Waals surface area (Å²) in [5.41, 5.74) is 0.220. The summed E-state index contributed by atoms with van der Waals surface area (Å²) in [4.78, 5) is 12.0. The Morgan fingerprint density at radius 1 is 1.23 bits per heavy atom. The van der Waals surface area contributed by atoms with Crippen LogP contribution in [0, 0.1) is 23.2 Å². The van der Waals surface area contributed by atoms with Crippen LogP contribution in [0.2, 0.25) is 0 Å². The summed E-state index contributed by atoms with van der Waals surface area (Å²) in [6.45, 7) is 2.37. The molecule has 0 aliphatic heterocycles. The highest BCUT2D eigenvalue weighted by atomic mass is 16.1. The summed E-state index contributed by atoms with van der Waals surface area (Å²) in [6, 6.07) is 0. The lowest BCUT2D eigenvalue weighted by molar-refractivity contribution is -0.164. The van der Waals surface area contributed by atoms with Gasteiger partial charge in [0.25, 0.3) is 0 Å². The molecule has 1 spiro atoms. The maximum atomic E-state index is 12.0. The molecule has 0 heterocycles. The molecule has 0 radical (unpaired) electrons. The Kier molecular flexibility index (Phi) is 1.46. The van der Waals surface area contributed by atoms with Crippen molar-refractivity contribution in [2.24, 2.45) is 23.2 Å². The zero-order valence-electron chi connectivity index (χ0n) is 8.38. The highest BCUT2D eigenvalue weighted by Gasteiger charge is 2.65. The Hall–Kier alpha value is -0.330. The van der Waals surface area contributed by atoms with Crippen molar-refractivity contribution in [3.05, 3.63) is 0 Å². The zero-order valence-corrected chi connectivity index (χ0v) is 8.38. The number of carbonyl (C=O) groups is 1. The monoisotopic (exact) mass is 178 g/mol.